The van der Waals surface area contributed by atoms with Crippen LogP contribution in [0.1, 0.15) is 36.1 Å². The molecule has 2 aliphatic heterocycles. The van der Waals surface area contributed by atoms with Gasteiger partial charge in [-0.3, -0.25) is 0 Å². The van der Waals surface area contributed by atoms with Crippen molar-refractivity contribution in [2.24, 2.45) is 0 Å². The minimum absolute atomic E-state index is 0.320. The van der Waals surface area contributed by atoms with E-state index in [0.717, 1.165) is 60.7 Å². The van der Waals surface area contributed by atoms with E-state index in [4.69, 9.17) is 9.97 Å². The third kappa shape index (κ3) is 5.08. The van der Waals surface area contributed by atoms with Gasteiger partial charge in [0, 0.05) is 42.9 Å². The molecule has 9 heteroatoms. The van der Waals surface area contributed by atoms with Crippen molar-refractivity contribution in [1.82, 2.24) is 14.9 Å². The number of nitrogens with zero attached hydrogens (tertiary/aromatic N) is 4. The highest BCUT2D eigenvalue weighted by molar-refractivity contribution is 5.89. The quantitative estimate of drug-likeness (QED) is 0.518. The molecule has 35 heavy (non-hydrogen) atoms. The normalized spacial score (nSPS) is 16.1. The summed E-state index contributed by atoms with van der Waals surface area (Å²) in [5, 5.41) is 2.72. The maximum absolute atomic E-state index is 13.0. The Kier molecular flexibility index (Phi) is 6.32. The average Bonchev–Trinajstić information content (AvgIpc) is 2.88. The Morgan fingerprint density at radius 2 is 1.60 bits per heavy atom. The maximum atomic E-state index is 13.0. The molecule has 2 aromatic carbocycles. The van der Waals surface area contributed by atoms with Gasteiger partial charge in [0.15, 0.2) is 5.82 Å². The van der Waals surface area contributed by atoms with Gasteiger partial charge in [-0.15, -0.1) is 0 Å². The largest absolute Gasteiger partial charge is 0.416 e. The second-order valence-electron chi connectivity index (χ2n) is 8.89. The van der Waals surface area contributed by atoms with Gasteiger partial charge < -0.3 is 15.1 Å². The van der Waals surface area contributed by atoms with E-state index in [9.17, 15) is 18.0 Å². The second-order valence-corrected chi connectivity index (χ2v) is 8.89. The topological polar surface area (TPSA) is 61.4 Å². The number of carbonyl (C=O) groups excluding carboxylic acids is 1. The van der Waals surface area contributed by atoms with E-state index in [-0.39, 0.29) is 6.03 Å². The predicted octanol–water partition coefficient (Wildman–Crippen LogP) is 5.74. The first-order chi connectivity index (χ1) is 16.9. The SMILES string of the molecule is O=C(Nc1ccc(C(F)(F)F)cc1)N1CCc2nc(-c3ccccc3)nc(N3CCCCC3)c2C1. The highest BCUT2D eigenvalue weighted by Gasteiger charge is 2.31. The van der Waals surface area contributed by atoms with Crippen LogP contribution in [0.2, 0.25) is 0 Å². The number of anilines is 2. The van der Waals surface area contributed by atoms with E-state index in [1.54, 1.807) is 4.90 Å². The van der Waals surface area contributed by atoms with Gasteiger partial charge in [-0.25, -0.2) is 14.8 Å². The van der Waals surface area contributed by atoms with Crippen molar-refractivity contribution in [3.63, 3.8) is 0 Å². The number of hydrogen-bond donors (Lipinski definition) is 1. The van der Waals surface area contributed by atoms with Gasteiger partial charge in [0.2, 0.25) is 0 Å². The molecule has 1 saturated heterocycles. The first kappa shape index (κ1) is 23.1. The summed E-state index contributed by atoms with van der Waals surface area (Å²) in [5.74, 6) is 1.56. The summed E-state index contributed by atoms with van der Waals surface area (Å²) in [6, 6.07) is 14.0. The van der Waals surface area contributed by atoms with Crippen molar-refractivity contribution in [1.29, 1.82) is 0 Å². The van der Waals surface area contributed by atoms with E-state index in [1.165, 1.54) is 18.6 Å². The van der Waals surface area contributed by atoms with Gasteiger partial charge in [-0.05, 0) is 43.5 Å². The summed E-state index contributed by atoms with van der Waals surface area (Å²) in [6.45, 7) is 2.64. The van der Waals surface area contributed by atoms with Gasteiger partial charge in [-0.1, -0.05) is 30.3 Å². The lowest BCUT2D eigenvalue weighted by molar-refractivity contribution is -0.137. The molecule has 0 bridgehead atoms. The fourth-order valence-electron chi connectivity index (χ4n) is 4.60. The molecule has 6 nitrogen and oxygen atoms in total. The molecule has 0 aliphatic carbocycles. The summed E-state index contributed by atoms with van der Waals surface area (Å²) in [7, 11) is 0. The van der Waals surface area contributed by atoms with Crippen LogP contribution in [0.5, 0.6) is 0 Å². The van der Waals surface area contributed by atoms with Crippen molar-refractivity contribution in [2.45, 2.75) is 38.4 Å². The summed E-state index contributed by atoms with van der Waals surface area (Å²) in [4.78, 5) is 26.7. The zero-order valence-electron chi connectivity index (χ0n) is 19.2. The summed E-state index contributed by atoms with van der Waals surface area (Å²) < 4.78 is 38.5. The third-order valence-electron chi connectivity index (χ3n) is 6.48. The fraction of sp³-hybridized carbons (Fsp3) is 0.346. The Labute approximate surface area is 201 Å². The van der Waals surface area contributed by atoms with Gasteiger partial charge in [0.1, 0.15) is 5.82 Å². The molecule has 1 fully saturated rings. The lowest BCUT2D eigenvalue weighted by Gasteiger charge is -2.34. The molecule has 182 valence electrons. The molecule has 1 aromatic heterocycles. The number of rotatable bonds is 3. The van der Waals surface area contributed by atoms with Gasteiger partial charge >= 0.3 is 12.2 Å². The highest BCUT2D eigenvalue weighted by Crippen LogP contribution is 2.32. The van der Waals surface area contributed by atoms with Crippen LogP contribution in [0.15, 0.2) is 54.6 Å². The number of benzene rings is 2. The van der Waals surface area contributed by atoms with E-state index >= 15 is 0 Å². The molecule has 0 saturated carbocycles. The lowest BCUT2D eigenvalue weighted by Crippen LogP contribution is -2.41. The zero-order chi connectivity index (χ0) is 24.4. The Hall–Kier alpha value is -3.62. The number of carbonyl (C=O) groups is 1. The minimum Gasteiger partial charge on any atom is -0.356 e. The van der Waals surface area contributed by atoms with Crippen LogP contribution >= 0.6 is 0 Å². The van der Waals surface area contributed by atoms with E-state index in [0.29, 0.717) is 31.0 Å². The summed E-state index contributed by atoms with van der Waals surface area (Å²) >= 11 is 0. The monoisotopic (exact) mass is 481 g/mol. The Morgan fingerprint density at radius 1 is 0.886 bits per heavy atom. The Morgan fingerprint density at radius 3 is 2.29 bits per heavy atom. The van der Waals surface area contributed by atoms with Gasteiger partial charge in [0.25, 0.3) is 0 Å². The number of hydrogen-bond acceptors (Lipinski definition) is 4. The second kappa shape index (κ2) is 9.56. The number of nitrogens with one attached hydrogen (secondary N) is 1. The third-order valence-corrected chi connectivity index (χ3v) is 6.48. The molecule has 0 unspecified atom stereocenters. The number of aromatic nitrogens is 2. The standard InChI is InChI=1S/C26H26F3N5O/c27-26(28,29)19-9-11-20(12-10-19)30-25(35)34-16-13-22-21(17-34)24(33-14-5-2-6-15-33)32-23(31-22)18-7-3-1-4-8-18/h1,3-4,7-12H,2,5-6,13-17H2,(H,30,35). The average molecular weight is 482 g/mol. The maximum Gasteiger partial charge on any atom is 0.416 e. The highest BCUT2D eigenvalue weighted by atomic mass is 19.4. The molecular weight excluding hydrogens is 455 g/mol. The van der Waals surface area contributed by atoms with Crippen molar-refractivity contribution >= 4 is 17.5 Å². The summed E-state index contributed by atoms with van der Waals surface area (Å²) in [5.41, 5.74) is 2.41. The molecule has 3 heterocycles. The van der Waals surface area contributed by atoms with Crippen LogP contribution in [-0.2, 0) is 19.1 Å². The van der Waals surface area contributed by atoms with Crippen LogP contribution in [0, 0.1) is 0 Å². The van der Waals surface area contributed by atoms with Gasteiger partial charge in [-0.2, -0.15) is 13.2 Å². The lowest BCUT2D eigenvalue weighted by atomic mass is 10.0. The molecular formula is C26H26F3N5O. The molecule has 0 atom stereocenters. The van der Waals surface area contributed by atoms with Crippen molar-refractivity contribution < 1.29 is 18.0 Å². The molecule has 1 N–H and O–H groups in total. The number of urea groups is 1. The van der Waals surface area contributed by atoms with Crippen LogP contribution in [-0.4, -0.2) is 40.5 Å². The predicted molar refractivity (Wildman–Crippen MR) is 128 cm³/mol. The first-order valence-electron chi connectivity index (χ1n) is 11.8. The molecule has 0 spiro atoms. The van der Waals surface area contributed by atoms with E-state index in [2.05, 4.69) is 10.2 Å². The smallest absolute Gasteiger partial charge is 0.356 e. The number of piperidine rings is 1. The summed E-state index contributed by atoms with van der Waals surface area (Å²) in [6.07, 6.45) is -0.451. The van der Waals surface area contributed by atoms with E-state index in [1.807, 2.05) is 30.3 Å². The molecule has 3 aromatic rings. The van der Waals surface area contributed by atoms with Crippen molar-refractivity contribution in [2.75, 3.05) is 29.9 Å². The fourth-order valence-corrected chi connectivity index (χ4v) is 4.60. The van der Waals surface area contributed by atoms with Gasteiger partial charge in [0.05, 0.1) is 17.8 Å². The number of alkyl halides is 3. The van der Waals surface area contributed by atoms with E-state index < -0.39 is 11.7 Å². The molecule has 2 amide bonds. The van der Waals surface area contributed by atoms with Crippen molar-refractivity contribution in [3.8, 4) is 11.4 Å². The van der Waals surface area contributed by atoms with Crippen LogP contribution < -0.4 is 10.2 Å². The number of halogens is 3. The van der Waals surface area contributed by atoms with Crippen LogP contribution in [0.3, 0.4) is 0 Å². The van der Waals surface area contributed by atoms with Crippen LogP contribution in [0.4, 0.5) is 29.5 Å². The van der Waals surface area contributed by atoms with Crippen molar-refractivity contribution in [3.05, 3.63) is 71.4 Å². The molecule has 0 radical (unpaired) electrons. The molecule has 5 rings (SSSR count). The zero-order valence-corrected chi connectivity index (χ0v) is 19.2. The first-order valence-corrected chi connectivity index (χ1v) is 11.8. The molecule has 2 aliphatic rings. The minimum atomic E-state index is -4.41. The Balaban J connectivity index is 1.39. The Bertz CT molecular complexity index is 1190. The number of fused-ring (bicyclic) bond motifs is 1. The van der Waals surface area contributed by atoms with Crippen LogP contribution in [0.25, 0.3) is 11.4 Å². The number of amides is 2.